The van der Waals surface area contributed by atoms with Gasteiger partial charge in [0.25, 0.3) is 0 Å². The molecule has 1 saturated carbocycles. The number of hydrogen-bond donors (Lipinski definition) is 2. The van der Waals surface area contributed by atoms with Gasteiger partial charge in [0.1, 0.15) is 0 Å². The molecule has 1 heterocycles. The van der Waals surface area contributed by atoms with E-state index in [2.05, 4.69) is 12.2 Å². The van der Waals surface area contributed by atoms with E-state index in [1.807, 2.05) is 0 Å². The molecule has 0 aromatic rings. The Morgan fingerprint density at radius 2 is 2.21 bits per heavy atom. The topological polar surface area (TPSA) is 41.5 Å². The van der Waals surface area contributed by atoms with Crippen molar-refractivity contribution in [3.8, 4) is 0 Å². The Hall–Kier alpha value is -0.120. The lowest BCUT2D eigenvalue weighted by Crippen LogP contribution is -2.44. The van der Waals surface area contributed by atoms with Crippen LogP contribution in [0.4, 0.5) is 0 Å². The average molecular weight is 199 g/mol. The van der Waals surface area contributed by atoms with Crippen LogP contribution in [-0.2, 0) is 4.74 Å². The molecule has 1 aliphatic heterocycles. The first-order valence-electron chi connectivity index (χ1n) is 5.77. The first kappa shape index (κ1) is 10.4. The van der Waals surface area contributed by atoms with E-state index in [1.54, 1.807) is 0 Å². The summed E-state index contributed by atoms with van der Waals surface area (Å²) in [6, 6.07) is 0.673. The minimum absolute atomic E-state index is 0.157. The van der Waals surface area contributed by atoms with Gasteiger partial charge in [0, 0.05) is 6.04 Å². The molecule has 3 nitrogen and oxygen atoms in total. The summed E-state index contributed by atoms with van der Waals surface area (Å²) >= 11 is 0. The van der Waals surface area contributed by atoms with Gasteiger partial charge in [-0.25, -0.2) is 0 Å². The lowest BCUT2D eigenvalue weighted by molar-refractivity contribution is 0.120. The molecule has 0 bridgehead atoms. The summed E-state index contributed by atoms with van der Waals surface area (Å²) in [5.41, 5.74) is 0. The molecule has 2 aliphatic rings. The molecule has 0 amide bonds. The average Bonchev–Trinajstić information content (AvgIpc) is 2.45. The van der Waals surface area contributed by atoms with Crippen LogP contribution in [0.1, 0.15) is 32.6 Å². The fourth-order valence-corrected chi connectivity index (χ4v) is 2.36. The molecular formula is C11H21NO2. The third kappa shape index (κ3) is 2.47. The van der Waals surface area contributed by atoms with Crippen LogP contribution >= 0.6 is 0 Å². The van der Waals surface area contributed by atoms with Crippen LogP contribution in [0.25, 0.3) is 0 Å². The molecule has 3 heteroatoms. The molecule has 2 fully saturated rings. The Bertz CT molecular complexity index is 182. The third-order valence-electron chi connectivity index (χ3n) is 3.46. The predicted molar refractivity (Wildman–Crippen MR) is 55.2 cm³/mol. The van der Waals surface area contributed by atoms with Crippen LogP contribution < -0.4 is 5.32 Å². The number of aliphatic hydroxyl groups excluding tert-OH is 1. The maximum atomic E-state index is 9.56. The maximum absolute atomic E-state index is 9.56. The number of ether oxygens (including phenoxy) is 1. The zero-order chi connectivity index (χ0) is 9.97. The van der Waals surface area contributed by atoms with Crippen LogP contribution in [0.15, 0.2) is 0 Å². The summed E-state index contributed by atoms with van der Waals surface area (Å²) in [6.07, 6.45) is 5.15. The highest BCUT2D eigenvalue weighted by molar-refractivity contribution is 4.84. The molecule has 0 aromatic carbocycles. The van der Waals surface area contributed by atoms with E-state index in [9.17, 15) is 5.11 Å². The number of aliphatic hydroxyl groups is 1. The van der Waals surface area contributed by atoms with Crippen LogP contribution in [-0.4, -0.2) is 36.5 Å². The lowest BCUT2D eigenvalue weighted by Gasteiger charge is -2.30. The van der Waals surface area contributed by atoms with Crippen LogP contribution in [0.3, 0.4) is 0 Å². The van der Waals surface area contributed by atoms with Crippen molar-refractivity contribution in [1.29, 1.82) is 0 Å². The second-order valence-electron chi connectivity index (χ2n) is 4.81. The molecule has 0 radical (unpaired) electrons. The highest BCUT2D eigenvalue weighted by Gasteiger charge is 2.28. The molecular weight excluding hydrogens is 178 g/mol. The SMILES string of the molecule is CC(CC1CCC1)NC1COCC1O. The molecule has 3 unspecified atom stereocenters. The van der Waals surface area contributed by atoms with Crippen molar-refractivity contribution in [1.82, 2.24) is 5.32 Å². The zero-order valence-electron chi connectivity index (χ0n) is 8.91. The number of rotatable bonds is 4. The van der Waals surface area contributed by atoms with Gasteiger partial charge < -0.3 is 15.2 Å². The van der Waals surface area contributed by atoms with E-state index in [0.717, 1.165) is 5.92 Å². The Labute approximate surface area is 85.8 Å². The van der Waals surface area contributed by atoms with Gasteiger partial charge in [-0.3, -0.25) is 0 Å². The molecule has 2 N–H and O–H groups in total. The molecule has 0 aromatic heterocycles. The van der Waals surface area contributed by atoms with Crippen LogP contribution in [0.5, 0.6) is 0 Å². The van der Waals surface area contributed by atoms with Gasteiger partial charge in [-0.15, -0.1) is 0 Å². The normalized spacial score (nSPS) is 35.6. The largest absolute Gasteiger partial charge is 0.389 e. The fourth-order valence-electron chi connectivity index (χ4n) is 2.36. The Morgan fingerprint density at radius 1 is 1.43 bits per heavy atom. The first-order valence-corrected chi connectivity index (χ1v) is 5.77. The molecule has 14 heavy (non-hydrogen) atoms. The van der Waals surface area contributed by atoms with E-state index < -0.39 is 0 Å². The fraction of sp³-hybridized carbons (Fsp3) is 1.00. The minimum atomic E-state index is -0.307. The van der Waals surface area contributed by atoms with Crippen molar-refractivity contribution >= 4 is 0 Å². The third-order valence-corrected chi connectivity index (χ3v) is 3.46. The van der Waals surface area contributed by atoms with E-state index in [-0.39, 0.29) is 12.1 Å². The summed E-state index contributed by atoms with van der Waals surface area (Å²) < 4.78 is 5.20. The van der Waals surface area contributed by atoms with Gasteiger partial charge in [0.2, 0.25) is 0 Å². The van der Waals surface area contributed by atoms with Crippen LogP contribution in [0.2, 0.25) is 0 Å². The van der Waals surface area contributed by atoms with Gasteiger partial charge in [-0.05, 0) is 19.3 Å². The predicted octanol–water partition coefficient (Wildman–Crippen LogP) is 0.914. The van der Waals surface area contributed by atoms with Gasteiger partial charge in [0.15, 0.2) is 0 Å². The summed E-state index contributed by atoms with van der Waals surface area (Å²) in [4.78, 5) is 0. The highest BCUT2D eigenvalue weighted by Crippen LogP contribution is 2.30. The molecule has 82 valence electrons. The lowest BCUT2D eigenvalue weighted by atomic mass is 9.81. The van der Waals surface area contributed by atoms with E-state index in [0.29, 0.717) is 19.3 Å². The maximum Gasteiger partial charge on any atom is 0.0948 e. The van der Waals surface area contributed by atoms with Crippen molar-refractivity contribution in [3.63, 3.8) is 0 Å². The summed E-state index contributed by atoms with van der Waals surface area (Å²) in [7, 11) is 0. The number of hydrogen-bond acceptors (Lipinski definition) is 3. The second kappa shape index (κ2) is 4.60. The molecule has 1 aliphatic carbocycles. The van der Waals surface area contributed by atoms with Crippen molar-refractivity contribution in [3.05, 3.63) is 0 Å². The molecule has 0 spiro atoms. The summed E-state index contributed by atoms with van der Waals surface area (Å²) in [5, 5.41) is 13.0. The Morgan fingerprint density at radius 3 is 2.71 bits per heavy atom. The van der Waals surface area contributed by atoms with Crippen LogP contribution in [0, 0.1) is 5.92 Å². The Balaban J connectivity index is 1.67. The van der Waals surface area contributed by atoms with Crippen molar-refractivity contribution in [2.75, 3.05) is 13.2 Å². The highest BCUT2D eigenvalue weighted by atomic mass is 16.5. The first-order chi connectivity index (χ1) is 6.75. The minimum Gasteiger partial charge on any atom is -0.389 e. The van der Waals surface area contributed by atoms with Crippen molar-refractivity contribution in [2.45, 2.75) is 50.8 Å². The number of nitrogens with one attached hydrogen (secondary N) is 1. The van der Waals surface area contributed by atoms with Gasteiger partial charge in [-0.1, -0.05) is 19.3 Å². The summed E-state index contributed by atoms with van der Waals surface area (Å²) in [5.74, 6) is 0.928. The van der Waals surface area contributed by atoms with E-state index >= 15 is 0 Å². The monoisotopic (exact) mass is 199 g/mol. The molecule has 3 atom stereocenters. The zero-order valence-corrected chi connectivity index (χ0v) is 8.91. The smallest absolute Gasteiger partial charge is 0.0948 e. The van der Waals surface area contributed by atoms with Gasteiger partial charge in [-0.2, -0.15) is 0 Å². The van der Waals surface area contributed by atoms with Crippen molar-refractivity contribution < 1.29 is 9.84 Å². The standard InChI is InChI=1S/C11H21NO2/c1-8(5-9-3-2-4-9)12-10-6-14-7-11(10)13/h8-13H,2-7H2,1H3. The molecule has 1 saturated heterocycles. The van der Waals surface area contributed by atoms with Gasteiger partial charge >= 0.3 is 0 Å². The van der Waals surface area contributed by atoms with E-state index in [1.165, 1.54) is 25.7 Å². The quantitative estimate of drug-likeness (QED) is 0.707. The van der Waals surface area contributed by atoms with E-state index in [4.69, 9.17) is 4.74 Å². The van der Waals surface area contributed by atoms with Crippen molar-refractivity contribution in [2.24, 2.45) is 5.92 Å². The Kier molecular flexibility index (Phi) is 3.42. The van der Waals surface area contributed by atoms with Gasteiger partial charge in [0.05, 0.1) is 25.4 Å². The summed E-state index contributed by atoms with van der Waals surface area (Å²) in [6.45, 7) is 3.37. The molecule has 2 rings (SSSR count). The second-order valence-corrected chi connectivity index (χ2v) is 4.81.